The van der Waals surface area contributed by atoms with E-state index in [1.165, 1.54) is 42.4 Å². The molecule has 0 saturated heterocycles. The van der Waals surface area contributed by atoms with Gasteiger partial charge < -0.3 is 9.32 Å². The molecule has 1 aliphatic carbocycles. The molecule has 3 nitrogen and oxygen atoms in total. The minimum Gasteiger partial charge on any atom is -0.435 e. The number of rotatable bonds is 4. The monoisotopic (exact) mass is 634 g/mol. The molecule has 0 atom stereocenters. The summed E-state index contributed by atoms with van der Waals surface area (Å²) in [5, 5.41) is 4.70. The number of benzene rings is 7. The first-order valence-corrected chi connectivity index (χ1v) is 17.2. The van der Waals surface area contributed by atoms with Gasteiger partial charge in [0.05, 0.1) is 11.1 Å². The van der Waals surface area contributed by atoms with E-state index >= 15 is 0 Å². The molecule has 0 aliphatic heterocycles. The first kappa shape index (κ1) is 27.4. The van der Waals surface area contributed by atoms with Gasteiger partial charge >= 0.3 is 0 Å². The molecule has 0 fully saturated rings. The van der Waals surface area contributed by atoms with Gasteiger partial charge in [0.1, 0.15) is 5.52 Å². The Kier molecular flexibility index (Phi) is 5.79. The van der Waals surface area contributed by atoms with Crippen molar-refractivity contribution in [3.63, 3.8) is 0 Å². The maximum Gasteiger partial charge on any atom is 0.227 e. The SMILES string of the molecule is CC1(C)c2ccccc2-c2cc(N(c3ccc4sc5ccccc5c4c3)c3cccc4ccc5nc(-c6ccccc6)oc5c34)ccc21. The smallest absolute Gasteiger partial charge is 0.227 e. The van der Waals surface area contributed by atoms with Gasteiger partial charge in [-0.25, -0.2) is 4.98 Å². The van der Waals surface area contributed by atoms with Crippen LogP contribution < -0.4 is 4.90 Å². The molecule has 2 heterocycles. The van der Waals surface area contributed by atoms with Gasteiger partial charge in [0.25, 0.3) is 0 Å². The van der Waals surface area contributed by atoms with E-state index < -0.39 is 0 Å². The van der Waals surface area contributed by atoms with Crippen LogP contribution in [-0.4, -0.2) is 4.98 Å². The summed E-state index contributed by atoms with van der Waals surface area (Å²) < 4.78 is 9.24. The molecule has 4 heteroatoms. The van der Waals surface area contributed by atoms with Crippen LogP contribution in [0.25, 0.3) is 64.6 Å². The Hall–Kier alpha value is -5.71. The van der Waals surface area contributed by atoms with Gasteiger partial charge in [-0.3, -0.25) is 0 Å². The zero-order chi connectivity index (χ0) is 32.0. The van der Waals surface area contributed by atoms with E-state index in [0.717, 1.165) is 44.5 Å². The topological polar surface area (TPSA) is 29.3 Å². The second kappa shape index (κ2) is 10.1. The first-order valence-electron chi connectivity index (χ1n) is 16.4. The van der Waals surface area contributed by atoms with E-state index in [1.54, 1.807) is 0 Å². The van der Waals surface area contributed by atoms with Crippen molar-refractivity contribution in [1.82, 2.24) is 4.98 Å². The normalized spacial score (nSPS) is 13.4. The highest BCUT2D eigenvalue weighted by molar-refractivity contribution is 7.25. The molecule has 10 rings (SSSR count). The number of hydrogen-bond acceptors (Lipinski definition) is 4. The Bertz CT molecular complexity index is 2720. The van der Waals surface area contributed by atoms with Crippen LogP contribution in [0.3, 0.4) is 0 Å². The summed E-state index contributed by atoms with van der Waals surface area (Å²) in [4.78, 5) is 7.36. The second-order valence-corrected chi connectivity index (χ2v) is 14.3. The Balaban J connectivity index is 1.26. The molecule has 0 bridgehead atoms. The molecular formula is C44H30N2OS. The number of hydrogen-bond donors (Lipinski definition) is 0. The van der Waals surface area contributed by atoms with E-state index in [-0.39, 0.29) is 5.41 Å². The van der Waals surface area contributed by atoms with Crippen molar-refractivity contribution in [3.05, 3.63) is 157 Å². The summed E-state index contributed by atoms with van der Waals surface area (Å²) in [6.07, 6.45) is 0. The fraction of sp³-hybridized carbons (Fsp3) is 0.0682. The number of oxazole rings is 1. The summed E-state index contributed by atoms with van der Waals surface area (Å²) >= 11 is 1.85. The van der Waals surface area contributed by atoms with Gasteiger partial charge in [0.2, 0.25) is 5.89 Å². The average molecular weight is 635 g/mol. The Labute approximate surface area is 282 Å². The highest BCUT2D eigenvalue weighted by Gasteiger charge is 2.35. The number of fused-ring (bicyclic) bond motifs is 9. The summed E-state index contributed by atoms with van der Waals surface area (Å²) in [6, 6.07) is 52.4. The lowest BCUT2D eigenvalue weighted by molar-refractivity contribution is 0.623. The predicted molar refractivity (Wildman–Crippen MR) is 202 cm³/mol. The van der Waals surface area contributed by atoms with Crippen molar-refractivity contribution in [3.8, 4) is 22.6 Å². The van der Waals surface area contributed by atoms with Gasteiger partial charge in [-0.05, 0) is 88.3 Å². The summed E-state index contributed by atoms with van der Waals surface area (Å²) in [5.74, 6) is 0.627. The maximum atomic E-state index is 6.66. The molecular weight excluding hydrogens is 605 g/mol. The molecule has 0 saturated carbocycles. The Morgan fingerprint density at radius 2 is 1.35 bits per heavy atom. The van der Waals surface area contributed by atoms with Crippen LogP contribution in [-0.2, 0) is 5.41 Å². The van der Waals surface area contributed by atoms with Crippen LogP contribution in [0.15, 0.2) is 150 Å². The largest absolute Gasteiger partial charge is 0.435 e. The highest BCUT2D eigenvalue weighted by atomic mass is 32.1. The predicted octanol–water partition coefficient (Wildman–Crippen LogP) is 12.8. The third-order valence-corrected chi connectivity index (χ3v) is 11.2. The zero-order valence-electron chi connectivity index (χ0n) is 26.6. The van der Waals surface area contributed by atoms with E-state index in [9.17, 15) is 0 Å². The minimum absolute atomic E-state index is 0.0664. The van der Waals surface area contributed by atoms with Crippen molar-refractivity contribution in [1.29, 1.82) is 0 Å². The number of nitrogens with zero attached hydrogens (tertiary/aromatic N) is 2. The molecule has 0 amide bonds. The lowest BCUT2D eigenvalue weighted by atomic mass is 9.82. The number of aromatic nitrogens is 1. The van der Waals surface area contributed by atoms with Crippen molar-refractivity contribution in [2.24, 2.45) is 0 Å². The molecule has 0 spiro atoms. The molecule has 0 unspecified atom stereocenters. The van der Waals surface area contributed by atoms with Gasteiger partial charge in [-0.15, -0.1) is 11.3 Å². The first-order chi connectivity index (χ1) is 23.5. The van der Waals surface area contributed by atoms with Crippen LogP contribution in [0, 0.1) is 0 Å². The average Bonchev–Trinajstić information content (AvgIpc) is 3.80. The van der Waals surface area contributed by atoms with Crippen molar-refractivity contribution < 1.29 is 4.42 Å². The van der Waals surface area contributed by atoms with E-state index in [2.05, 4.69) is 134 Å². The van der Waals surface area contributed by atoms with Gasteiger partial charge in [-0.2, -0.15) is 0 Å². The molecule has 0 radical (unpaired) electrons. The van der Waals surface area contributed by atoms with Crippen molar-refractivity contribution in [2.75, 3.05) is 4.90 Å². The van der Waals surface area contributed by atoms with E-state index in [1.807, 2.05) is 41.7 Å². The fourth-order valence-corrected chi connectivity index (χ4v) is 8.84. The zero-order valence-corrected chi connectivity index (χ0v) is 27.4. The van der Waals surface area contributed by atoms with Gasteiger partial charge in [0.15, 0.2) is 5.58 Å². The molecule has 48 heavy (non-hydrogen) atoms. The van der Waals surface area contributed by atoms with Gasteiger partial charge in [0, 0.05) is 42.5 Å². The van der Waals surface area contributed by atoms with Crippen molar-refractivity contribution >= 4 is 70.4 Å². The fourth-order valence-electron chi connectivity index (χ4n) is 7.75. The van der Waals surface area contributed by atoms with Crippen LogP contribution in [0.2, 0.25) is 0 Å². The second-order valence-electron chi connectivity index (χ2n) is 13.2. The molecule has 1 aliphatic rings. The van der Waals surface area contributed by atoms with Crippen LogP contribution in [0.4, 0.5) is 17.1 Å². The lowest BCUT2D eigenvalue weighted by Gasteiger charge is -2.28. The minimum atomic E-state index is -0.0664. The third-order valence-electron chi connectivity index (χ3n) is 10.1. The standard InChI is InChI=1S/C44H30N2OS/c1-44(2)35-16-8-6-14-31(35)33-25-29(20-22-36(33)44)46(30-21-24-40-34(26-30)32-15-7-9-18-39(32)48-40)38-17-10-13-27-19-23-37-42(41(27)38)47-43(45-37)28-11-4-3-5-12-28/h3-26H,1-2H3. The van der Waals surface area contributed by atoms with Crippen LogP contribution in [0.1, 0.15) is 25.0 Å². The Morgan fingerprint density at radius 1 is 0.604 bits per heavy atom. The summed E-state index contributed by atoms with van der Waals surface area (Å²) in [6.45, 7) is 4.67. The molecule has 2 aromatic heterocycles. The molecule has 0 N–H and O–H groups in total. The summed E-state index contributed by atoms with van der Waals surface area (Å²) in [5.41, 5.74) is 11.1. The van der Waals surface area contributed by atoms with Crippen LogP contribution >= 0.6 is 11.3 Å². The molecule has 7 aromatic carbocycles. The molecule has 9 aromatic rings. The Morgan fingerprint density at radius 3 is 2.27 bits per heavy atom. The quantitative estimate of drug-likeness (QED) is 0.193. The third kappa shape index (κ3) is 3.96. The van der Waals surface area contributed by atoms with Crippen LogP contribution in [0.5, 0.6) is 0 Å². The van der Waals surface area contributed by atoms with E-state index in [4.69, 9.17) is 9.40 Å². The van der Waals surface area contributed by atoms with Crippen molar-refractivity contribution in [2.45, 2.75) is 19.3 Å². The highest BCUT2D eigenvalue weighted by Crippen LogP contribution is 2.51. The number of anilines is 3. The number of thiophene rings is 1. The maximum absolute atomic E-state index is 6.66. The van der Waals surface area contributed by atoms with Gasteiger partial charge in [-0.1, -0.05) is 98.8 Å². The lowest BCUT2D eigenvalue weighted by Crippen LogP contribution is -2.15. The van der Waals surface area contributed by atoms with E-state index in [0.29, 0.717) is 5.89 Å². The molecule has 228 valence electrons. The summed E-state index contributed by atoms with van der Waals surface area (Å²) in [7, 11) is 0.